The number of thioether (sulfide) groups is 1. The molecule has 23 heavy (non-hydrogen) atoms. The molecule has 0 aliphatic carbocycles. The van der Waals surface area contributed by atoms with Crippen molar-refractivity contribution in [3.05, 3.63) is 47.4 Å². The number of hydrogen-bond donors (Lipinski definition) is 0. The molecule has 0 bridgehead atoms. The van der Waals surface area contributed by atoms with Gasteiger partial charge in [-0.25, -0.2) is 9.97 Å². The van der Waals surface area contributed by atoms with Gasteiger partial charge in [0.05, 0.1) is 12.3 Å². The number of nitrogens with zero attached hydrogens (tertiary/aromatic N) is 3. The summed E-state index contributed by atoms with van der Waals surface area (Å²) in [6, 6.07) is 10.8. The van der Waals surface area contributed by atoms with Crippen LogP contribution in [0.5, 0.6) is 0 Å². The fourth-order valence-electron chi connectivity index (χ4n) is 2.87. The molecule has 0 spiro atoms. The first-order valence-corrected chi connectivity index (χ1v) is 9.15. The minimum Gasteiger partial charge on any atom is -0.381 e. The minimum absolute atomic E-state index is 0.406. The summed E-state index contributed by atoms with van der Waals surface area (Å²) in [5.41, 5.74) is 2.40. The van der Waals surface area contributed by atoms with Gasteiger partial charge in [-0.1, -0.05) is 12.1 Å². The number of hydrogen-bond acceptors (Lipinski definition) is 5. The Morgan fingerprint density at radius 2 is 2.17 bits per heavy atom. The molecule has 1 fully saturated rings. The molecule has 1 aromatic carbocycles. The van der Waals surface area contributed by atoms with E-state index in [-0.39, 0.29) is 0 Å². The predicted octanol–water partition coefficient (Wildman–Crippen LogP) is 3.65. The molecule has 3 rings (SSSR count). The van der Waals surface area contributed by atoms with Crippen molar-refractivity contribution in [1.29, 1.82) is 0 Å². The summed E-state index contributed by atoms with van der Waals surface area (Å²) in [7, 11) is 2.09. The third-order valence-corrected chi connectivity index (χ3v) is 4.86. The zero-order valence-corrected chi connectivity index (χ0v) is 14.8. The highest BCUT2D eigenvalue weighted by Crippen LogP contribution is 2.26. The topological polar surface area (TPSA) is 38.2 Å². The van der Waals surface area contributed by atoms with Crippen molar-refractivity contribution in [1.82, 2.24) is 9.97 Å². The molecule has 0 unspecified atom stereocenters. The molecule has 0 radical (unpaired) electrons. The Bertz CT molecular complexity index is 671. The molecule has 0 N–H and O–H groups in total. The fourth-order valence-corrected chi connectivity index (χ4v) is 3.36. The van der Waals surface area contributed by atoms with Crippen LogP contribution in [-0.4, -0.2) is 36.5 Å². The van der Waals surface area contributed by atoms with E-state index in [1.165, 1.54) is 10.5 Å². The van der Waals surface area contributed by atoms with E-state index in [0.717, 1.165) is 43.5 Å². The van der Waals surface area contributed by atoms with Gasteiger partial charge in [0.2, 0.25) is 0 Å². The SMILES string of the molecule is CSc1cccc(CN(C)c2cc([C@H]3CCOC3)nc(C)n2)c1. The maximum absolute atomic E-state index is 5.50. The first-order chi connectivity index (χ1) is 11.2. The minimum atomic E-state index is 0.406. The molecular weight excluding hydrogens is 306 g/mol. The second kappa shape index (κ2) is 7.32. The van der Waals surface area contributed by atoms with E-state index in [1.54, 1.807) is 11.8 Å². The number of anilines is 1. The third-order valence-electron chi connectivity index (χ3n) is 4.14. The second-order valence-corrected chi connectivity index (χ2v) is 6.85. The van der Waals surface area contributed by atoms with Gasteiger partial charge in [0.25, 0.3) is 0 Å². The van der Waals surface area contributed by atoms with Gasteiger partial charge in [0, 0.05) is 37.1 Å². The van der Waals surface area contributed by atoms with Gasteiger partial charge in [-0.3, -0.25) is 0 Å². The molecule has 1 saturated heterocycles. The average molecular weight is 329 g/mol. The lowest BCUT2D eigenvalue weighted by atomic mass is 10.0. The zero-order chi connectivity index (χ0) is 16.2. The van der Waals surface area contributed by atoms with Crippen LogP contribution in [0.1, 0.15) is 29.4 Å². The summed E-state index contributed by atoms with van der Waals surface area (Å²) >= 11 is 1.77. The lowest BCUT2D eigenvalue weighted by molar-refractivity contribution is 0.193. The van der Waals surface area contributed by atoms with Crippen LogP contribution >= 0.6 is 11.8 Å². The van der Waals surface area contributed by atoms with E-state index in [2.05, 4.69) is 58.5 Å². The first kappa shape index (κ1) is 16.3. The monoisotopic (exact) mass is 329 g/mol. The lowest BCUT2D eigenvalue weighted by Gasteiger charge is -2.20. The van der Waals surface area contributed by atoms with Crippen molar-refractivity contribution < 1.29 is 4.74 Å². The molecule has 1 aliphatic rings. The quantitative estimate of drug-likeness (QED) is 0.783. The molecule has 122 valence electrons. The van der Waals surface area contributed by atoms with Crippen molar-refractivity contribution in [3.63, 3.8) is 0 Å². The van der Waals surface area contributed by atoms with Crippen LogP contribution in [0.15, 0.2) is 35.2 Å². The van der Waals surface area contributed by atoms with Gasteiger partial charge in [-0.15, -0.1) is 11.8 Å². The van der Waals surface area contributed by atoms with Crippen molar-refractivity contribution >= 4 is 17.6 Å². The number of aryl methyl sites for hydroxylation is 1. The number of aromatic nitrogens is 2. The fraction of sp³-hybridized carbons (Fsp3) is 0.444. The lowest BCUT2D eigenvalue weighted by Crippen LogP contribution is -2.19. The Kier molecular flexibility index (Phi) is 5.18. The molecule has 2 heterocycles. The van der Waals surface area contributed by atoms with Gasteiger partial charge in [0.1, 0.15) is 11.6 Å². The van der Waals surface area contributed by atoms with E-state index in [1.807, 2.05) is 6.92 Å². The Balaban J connectivity index is 1.79. The van der Waals surface area contributed by atoms with Gasteiger partial charge in [-0.2, -0.15) is 0 Å². The summed E-state index contributed by atoms with van der Waals surface area (Å²) in [4.78, 5) is 12.7. The Labute approximate surface area is 142 Å². The normalized spacial score (nSPS) is 17.4. The summed E-state index contributed by atoms with van der Waals surface area (Å²) < 4.78 is 5.50. The number of ether oxygens (including phenoxy) is 1. The molecular formula is C18H23N3OS. The highest BCUT2D eigenvalue weighted by molar-refractivity contribution is 7.98. The maximum atomic E-state index is 5.50. The van der Waals surface area contributed by atoms with Crippen molar-refractivity contribution in [2.45, 2.75) is 30.7 Å². The molecule has 1 aromatic heterocycles. The maximum Gasteiger partial charge on any atom is 0.132 e. The molecule has 2 aromatic rings. The molecule has 0 amide bonds. The smallest absolute Gasteiger partial charge is 0.132 e. The van der Waals surface area contributed by atoms with Crippen LogP contribution in [0.4, 0.5) is 5.82 Å². The third kappa shape index (κ3) is 4.03. The Hall–Kier alpha value is -1.59. The summed E-state index contributed by atoms with van der Waals surface area (Å²) in [6.45, 7) is 4.41. The standard InChI is InChI=1S/C18H23N3OS/c1-13-19-17(15-7-8-22-12-15)10-18(20-13)21(2)11-14-5-4-6-16(9-14)23-3/h4-6,9-10,15H,7-8,11-12H2,1-3H3/t15-/m0/s1. The van der Waals surface area contributed by atoms with Crippen LogP contribution < -0.4 is 4.90 Å². The van der Waals surface area contributed by atoms with Crippen LogP contribution in [-0.2, 0) is 11.3 Å². The van der Waals surface area contributed by atoms with Gasteiger partial charge in [0.15, 0.2) is 0 Å². The molecule has 1 atom stereocenters. The van der Waals surface area contributed by atoms with E-state index >= 15 is 0 Å². The number of rotatable bonds is 5. The van der Waals surface area contributed by atoms with Crippen LogP contribution in [0.3, 0.4) is 0 Å². The van der Waals surface area contributed by atoms with Crippen molar-refractivity contribution in [3.8, 4) is 0 Å². The molecule has 4 nitrogen and oxygen atoms in total. The average Bonchev–Trinajstić information content (AvgIpc) is 3.09. The Morgan fingerprint density at radius 1 is 1.30 bits per heavy atom. The number of benzene rings is 1. The van der Waals surface area contributed by atoms with Crippen LogP contribution in [0.2, 0.25) is 0 Å². The van der Waals surface area contributed by atoms with Gasteiger partial charge >= 0.3 is 0 Å². The van der Waals surface area contributed by atoms with Gasteiger partial charge in [-0.05, 0) is 37.3 Å². The van der Waals surface area contributed by atoms with Crippen LogP contribution in [0.25, 0.3) is 0 Å². The van der Waals surface area contributed by atoms with E-state index < -0.39 is 0 Å². The summed E-state index contributed by atoms with van der Waals surface area (Å²) in [5, 5.41) is 0. The van der Waals surface area contributed by atoms with Crippen molar-refractivity contribution in [2.24, 2.45) is 0 Å². The summed E-state index contributed by atoms with van der Waals surface area (Å²) in [6.07, 6.45) is 3.15. The summed E-state index contributed by atoms with van der Waals surface area (Å²) in [5.74, 6) is 2.21. The highest BCUT2D eigenvalue weighted by atomic mass is 32.2. The van der Waals surface area contributed by atoms with E-state index in [9.17, 15) is 0 Å². The Morgan fingerprint density at radius 3 is 2.91 bits per heavy atom. The molecule has 0 saturated carbocycles. The highest BCUT2D eigenvalue weighted by Gasteiger charge is 2.20. The largest absolute Gasteiger partial charge is 0.381 e. The molecule has 5 heteroatoms. The van der Waals surface area contributed by atoms with Crippen LogP contribution in [0, 0.1) is 6.92 Å². The predicted molar refractivity (Wildman–Crippen MR) is 95.3 cm³/mol. The molecule has 1 aliphatic heterocycles. The second-order valence-electron chi connectivity index (χ2n) is 5.97. The first-order valence-electron chi connectivity index (χ1n) is 7.93. The van der Waals surface area contributed by atoms with Gasteiger partial charge < -0.3 is 9.64 Å². The van der Waals surface area contributed by atoms with E-state index in [4.69, 9.17) is 4.74 Å². The van der Waals surface area contributed by atoms with Crippen molar-refractivity contribution in [2.75, 3.05) is 31.4 Å². The van der Waals surface area contributed by atoms with E-state index in [0.29, 0.717) is 5.92 Å². The zero-order valence-electron chi connectivity index (χ0n) is 14.0.